The molecule has 0 aliphatic carbocycles. The number of benzene rings is 1. The number of esters is 1. The van der Waals surface area contributed by atoms with Gasteiger partial charge < -0.3 is 4.74 Å². The van der Waals surface area contributed by atoms with E-state index in [0.29, 0.717) is 16.8 Å². The molecule has 5 nitrogen and oxygen atoms in total. The van der Waals surface area contributed by atoms with E-state index in [2.05, 4.69) is 25.8 Å². The molecule has 2 aromatic rings. The van der Waals surface area contributed by atoms with E-state index in [-0.39, 0.29) is 10.2 Å². The molecule has 0 spiro atoms. The number of aromatic nitrogens is 2. The molecule has 0 amide bonds. The van der Waals surface area contributed by atoms with Crippen LogP contribution in [0.15, 0.2) is 27.6 Å². The average molecular weight is 355 g/mol. The van der Waals surface area contributed by atoms with Gasteiger partial charge in [-0.3, -0.25) is 4.79 Å². The highest BCUT2D eigenvalue weighted by Gasteiger charge is 2.17. The molecule has 0 fully saturated rings. The van der Waals surface area contributed by atoms with Gasteiger partial charge in [-0.25, -0.2) is 13.9 Å². The van der Waals surface area contributed by atoms with Gasteiger partial charge in [-0.2, -0.15) is 5.10 Å². The van der Waals surface area contributed by atoms with Crippen LogP contribution < -0.4 is 5.43 Å². The Morgan fingerprint density at radius 2 is 2.00 bits per heavy atom. The summed E-state index contributed by atoms with van der Waals surface area (Å²) in [6.07, 6.45) is 1.49. The van der Waals surface area contributed by atoms with Crippen molar-refractivity contribution in [3.05, 3.63) is 55.7 Å². The molecule has 2 rings (SSSR count). The van der Waals surface area contributed by atoms with Crippen molar-refractivity contribution in [1.29, 1.82) is 0 Å². The Hall–Kier alpha value is -2.02. The van der Waals surface area contributed by atoms with Crippen molar-refractivity contribution in [3.8, 4) is 5.69 Å². The first-order chi connectivity index (χ1) is 9.85. The molecule has 0 unspecified atom stereocenters. The average Bonchev–Trinajstić information content (AvgIpc) is 2.45. The molecular weight excluding hydrogens is 343 g/mol. The topological polar surface area (TPSA) is 61.2 Å². The van der Waals surface area contributed by atoms with Crippen LogP contribution in [0.4, 0.5) is 4.39 Å². The monoisotopic (exact) mass is 354 g/mol. The smallest absolute Gasteiger partial charge is 0.362 e. The van der Waals surface area contributed by atoms with E-state index in [0.717, 1.165) is 0 Å². The van der Waals surface area contributed by atoms with Crippen LogP contribution in [-0.4, -0.2) is 22.9 Å². The summed E-state index contributed by atoms with van der Waals surface area (Å²) in [4.78, 5) is 23.5. The van der Waals surface area contributed by atoms with E-state index in [4.69, 9.17) is 0 Å². The van der Waals surface area contributed by atoms with Gasteiger partial charge in [0.25, 0.3) is 0 Å². The summed E-state index contributed by atoms with van der Waals surface area (Å²) < 4.78 is 19.7. The van der Waals surface area contributed by atoms with E-state index >= 15 is 0 Å². The Bertz CT molecular complexity index is 787. The summed E-state index contributed by atoms with van der Waals surface area (Å²) in [6, 6.07) is 2.87. The second-order valence-electron chi connectivity index (χ2n) is 4.48. The minimum Gasteiger partial charge on any atom is -0.464 e. The Morgan fingerprint density at radius 3 is 2.62 bits per heavy atom. The number of hydrogen-bond acceptors (Lipinski definition) is 4. The SMILES string of the molecule is COC(=O)c1nn(-c2cc(Br)c(F)cc2C)cc(C)c1=O. The molecular formula is C14H12BrFN2O3. The number of nitrogens with zero attached hydrogens (tertiary/aromatic N) is 2. The van der Waals surface area contributed by atoms with E-state index in [1.54, 1.807) is 13.8 Å². The highest BCUT2D eigenvalue weighted by molar-refractivity contribution is 9.10. The maximum atomic E-state index is 13.5. The van der Waals surface area contributed by atoms with Crippen molar-refractivity contribution < 1.29 is 13.9 Å². The fourth-order valence-electron chi connectivity index (χ4n) is 1.85. The largest absolute Gasteiger partial charge is 0.464 e. The summed E-state index contributed by atoms with van der Waals surface area (Å²) >= 11 is 3.10. The number of hydrogen-bond donors (Lipinski definition) is 0. The van der Waals surface area contributed by atoms with Gasteiger partial charge in [0.1, 0.15) is 5.82 Å². The standard InChI is InChI=1S/C14H12BrFN2O3/c1-7-4-10(16)9(15)5-11(7)18-6-8(2)13(19)12(17-18)14(20)21-3/h4-6H,1-3H3. The molecule has 7 heteroatoms. The number of ether oxygens (including phenoxy) is 1. The van der Waals surface area contributed by atoms with Crippen LogP contribution >= 0.6 is 15.9 Å². The van der Waals surface area contributed by atoms with Gasteiger partial charge in [-0.1, -0.05) is 0 Å². The van der Waals surface area contributed by atoms with Crippen molar-refractivity contribution in [2.24, 2.45) is 0 Å². The zero-order chi connectivity index (χ0) is 15.7. The zero-order valence-corrected chi connectivity index (χ0v) is 13.2. The van der Waals surface area contributed by atoms with Gasteiger partial charge in [0.15, 0.2) is 0 Å². The number of carbonyl (C=O) groups excluding carboxylic acids is 1. The first-order valence-electron chi connectivity index (χ1n) is 6.00. The summed E-state index contributed by atoms with van der Waals surface area (Å²) in [5, 5.41) is 3.99. The normalized spacial score (nSPS) is 10.5. The molecule has 0 aliphatic rings. The number of halogens is 2. The van der Waals surface area contributed by atoms with Crippen LogP contribution in [-0.2, 0) is 4.74 Å². The predicted molar refractivity (Wildman–Crippen MR) is 78.3 cm³/mol. The number of aryl methyl sites for hydroxylation is 2. The van der Waals surface area contributed by atoms with E-state index in [1.165, 1.54) is 30.1 Å². The summed E-state index contributed by atoms with van der Waals surface area (Å²) in [5.41, 5.74) is 0.707. The molecule has 1 aromatic heterocycles. The quantitative estimate of drug-likeness (QED) is 0.777. The fourth-order valence-corrected chi connectivity index (χ4v) is 2.18. The second kappa shape index (κ2) is 5.77. The minimum atomic E-state index is -0.809. The highest BCUT2D eigenvalue weighted by Crippen LogP contribution is 2.22. The predicted octanol–water partition coefficient (Wildman–Crippen LogP) is 2.54. The van der Waals surface area contributed by atoms with Crippen molar-refractivity contribution in [2.45, 2.75) is 13.8 Å². The Kier molecular flexibility index (Phi) is 4.22. The van der Waals surface area contributed by atoms with Crippen LogP contribution in [0, 0.1) is 19.7 Å². The van der Waals surface area contributed by atoms with Gasteiger partial charge in [0, 0.05) is 11.8 Å². The van der Waals surface area contributed by atoms with Crippen LogP contribution in [0.3, 0.4) is 0 Å². The molecule has 0 saturated heterocycles. The third kappa shape index (κ3) is 2.87. The third-order valence-electron chi connectivity index (χ3n) is 2.96. The van der Waals surface area contributed by atoms with Crippen LogP contribution in [0.1, 0.15) is 21.6 Å². The Balaban J connectivity index is 2.71. The Labute approximate surface area is 128 Å². The molecule has 0 saturated carbocycles. The van der Waals surface area contributed by atoms with Crippen molar-refractivity contribution in [2.75, 3.05) is 7.11 Å². The molecule has 0 aliphatic heterocycles. The van der Waals surface area contributed by atoms with Crippen molar-refractivity contribution >= 4 is 21.9 Å². The lowest BCUT2D eigenvalue weighted by Crippen LogP contribution is -2.24. The van der Waals surface area contributed by atoms with Crippen LogP contribution in [0.2, 0.25) is 0 Å². The van der Waals surface area contributed by atoms with Crippen LogP contribution in [0.5, 0.6) is 0 Å². The Morgan fingerprint density at radius 1 is 1.33 bits per heavy atom. The van der Waals surface area contributed by atoms with Gasteiger partial charge in [-0.05, 0) is 47.5 Å². The summed E-state index contributed by atoms with van der Waals surface area (Å²) in [7, 11) is 1.18. The van der Waals surface area contributed by atoms with Crippen molar-refractivity contribution in [1.82, 2.24) is 9.78 Å². The molecule has 0 bridgehead atoms. The van der Waals surface area contributed by atoms with E-state index < -0.39 is 17.2 Å². The maximum Gasteiger partial charge on any atom is 0.362 e. The van der Waals surface area contributed by atoms with Crippen LogP contribution in [0.25, 0.3) is 5.69 Å². The molecule has 0 radical (unpaired) electrons. The van der Waals surface area contributed by atoms with Gasteiger partial charge in [0.05, 0.1) is 17.3 Å². The number of carbonyl (C=O) groups is 1. The lowest BCUT2D eigenvalue weighted by Gasteiger charge is -2.12. The number of rotatable bonds is 2. The van der Waals surface area contributed by atoms with Gasteiger partial charge in [0.2, 0.25) is 11.1 Å². The minimum absolute atomic E-state index is 0.265. The lowest BCUT2D eigenvalue weighted by molar-refractivity contribution is 0.0590. The molecule has 110 valence electrons. The van der Waals surface area contributed by atoms with Gasteiger partial charge >= 0.3 is 5.97 Å². The van der Waals surface area contributed by atoms with Gasteiger partial charge in [-0.15, -0.1) is 0 Å². The molecule has 1 heterocycles. The molecule has 0 N–H and O–H groups in total. The second-order valence-corrected chi connectivity index (χ2v) is 5.33. The first-order valence-corrected chi connectivity index (χ1v) is 6.79. The summed E-state index contributed by atoms with van der Waals surface area (Å²) in [6.45, 7) is 3.28. The van der Waals surface area contributed by atoms with Crippen molar-refractivity contribution in [3.63, 3.8) is 0 Å². The summed E-state index contributed by atoms with van der Waals surface area (Å²) in [5.74, 6) is -1.21. The first kappa shape index (κ1) is 15.4. The maximum absolute atomic E-state index is 13.5. The fraction of sp³-hybridized carbons (Fsp3) is 0.214. The number of methoxy groups -OCH3 is 1. The lowest BCUT2D eigenvalue weighted by atomic mass is 10.2. The van der Waals surface area contributed by atoms with E-state index in [1.807, 2.05) is 0 Å². The third-order valence-corrected chi connectivity index (χ3v) is 3.57. The molecule has 1 aromatic carbocycles. The molecule has 0 atom stereocenters. The molecule has 21 heavy (non-hydrogen) atoms. The highest BCUT2D eigenvalue weighted by atomic mass is 79.9. The van der Waals surface area contributed by atoms with E-state index in [9.17, 15) is 14.0 Å². The zero-order valence-electron chi connectivity index (χ0n) is 11.6.